The number of hydrogen-bond acceptors (Lipinski definition) is 6. The molecule has 0 bridgehead atoms. The van der Waals surface area contributed by atoms with Crippen LogP contribution in [0.25, 0.3) is 0 Å². The predicted molar refractivity (Wildman–Crippen MR) is 192 cm³/mol. The number of imidazole rings is 1. The predicted octanol–water partition coefficient (Wildman–Crippen LogP) is 9.80. The fourth-order valence-corrected chi connectivity index (χ4v) is 6.03. The van der Waals surface area contributed by atoms with Gasteiger partial charge in [0.1, 0.15) is 5.82 Å². The quantitative estimate of drug-likeness (QED) is 0.0611. The molecule has 0 radical (unpaired) electrons. The van der Waals surface area contributed by atoms with Crippen LogP contribution in [0.4, 0.5) is 0 Å². The standard InChI is InChI=1S/C39H73N3O4/c1-33(2)19-16-21-35(5)31-38(43)45-29-14-10-8-12-24-41(26-18-27-42-28-23-40-37(42)7)25-13-9-11-15-30-46-39(44)32-36(6)22-17-20-34(3)4/h23,28,33-36H,8-22,24-27,29-32H2,1-7H3. The first kappa shape index (κ1) is 42.1. The molecule has 1 aromatic heterocycles. The average molecular weight is 648 g/mol. The number of unbranched alkanes of at least 4 members (excludes halogenated alkanes) is 6. The van der Waals surface area contributed by atoms with E-state index in [4.69, 9.17) is 9.47 Å². The lowest BCUT2D eigenvalue weighted by Gasteiger charge is -2.22. The Bertz CT molecular complexity index is 836. The molecule has 0 amide bonds. The average Bonchev–Trinajstić information content (AvgIpc) is 3.39. The molecule has 0 spiro atoms. The summed E-state index contributed by atoms with van der Waals surface area (Å²) in [4.78, 5) is 31.3. The number of hydrogen-bond donors (Lipinski definition) is 0. The van der Waals surface area contributed by atoms with Crippen molar-refractivity contribution in [2.24, 2.45) is 23.7 Å². The number of nitrogens with zero attached hydrogens (tertiary/aromatic N) is 3. The monoisotopic (exact) mass is 648 g/mol. The summed E-state index contributed by atoms with van der Waals surface area (Å²) in [7, 11) is 0. The van der Waals surface area contributed by atoms with Crippen molar-refractivity contribution < 1.29 is 19.1 Å². The van der Waals surface area contributed by atoms with Gasteiger partial charge in [0.15, 0.2) is 0 Å². The normalized spacial score (nSPS) is 13.1. The second-order valence-corrected chi connectivity index (χ2v) is 14.9. The van der Waals surface area contributed by atoms with Gasteiger partial charge in [0, 0.05) is 31.8 Å². The largest absolute Gasteiger partial charge is 0.466 e. The fraction of sp³-hybridized carbons (Fsp3) is 0.872. The Labute approximate surface area is 284 Å². The second kappa shape index (κ2) is 27.1. The molecule has 1 heterocycles. The zero-order chi connectivity index (χ0) is 34.0. The van der Waals surface area contributed by atoms with E-state index in [1.54, 1.807) is 0 Å². The van der Waals surface area contributed by atoms with Crippen LogP contribution in [-0.4, -0.2) is 59.2 Å². The minimum atomic E-state index is -0.0309. The molecule has 0 saturated heterocycles. The summed E-state index contributed by atoms with van der Waals surface area (Å²) in [5.41, 5.74) is 0. The van der Waals surface area contributed by atoms with Gasteiger partial charge in [-0.3, -0.25) is 9.59 Å². The van der Waals surface area contributed by atoms with Crippen LogP contribution < -0.4 is 0 Å². The molecule has 46 heavy (non-hydrogen) atoms. The molecule has 2 atom stereocenters. The van der Waals surface area contributed by atoms with E-state index >= 15 is 0 Å². The third-order valence-corrected chi connectivity index (χ3v) is 9.05. The minimum Gasteiger partial charge on any atom is -0.466 e. The number of rotatable bonds is 30. The Morgan fingerprint density at radius 1 is 0.652 bits per heavy atom. The van der Waals surface area contributed by atoms with Crippen LogP contribution in [0.3, 0.4) is 0 Å². The van der Waals surface area contributed by atoms with E-state index in [1.165, 1.54) is 51.4 Å². The number of ether oxygens (including phenoxy) is 2. The van der Waals surface area contributed by atoms with E-state index in [1.807, 2.05) is 6.20 Å². The highest BCUT2D eigenvalue weighted by molar-refractivity contribution is 5.69. The summed E-state index contributed by atoms with van der Waals surface area (Å²) in [6.45, 7) is 20.8. The van der Waals surface area contributed by atoms with Crippen molar-refractivity contribution in [1.82, 2.24) is 14.5 Å². The van der Waals surface area contributed by atoms with E-state index in [0.717, 1.165) is 88.8 Å². The Kier molecular flexibility index (Phi) is 24.8. The van der Waals surface area contributed by atoms with Gasteiger partial charge in [0.25, 0.3) is 0 Å². The molecular formula is C39H73N3O4. The van der Waals surface area contributed by atoms with Gasteiger partial charge in [-0.25, -0.2) is 4.98 Å². The molecule has 0 aromatic carbocycles. The van der Waals surface area contributed by atoms with E-state index in [0.29, 0.717) is 37.9 Å². The molecule has 7 nitrogen and oxygen atoms in total. The van der Waals surface area contributed by atoms with Crippen LogP contribution in [0.15, 0.2) is 12.4 Å². The lowest BCUT2D eigenvalue weighted by Crippen LogP contribution is -2.28. The van der Waals surface area contributed by atoms with Gasteiger partial charge in [-0.2, -0.15) is 0 Å². The van der Waals surface area contributed by atoms with Crippen molar-refractivity contribution in [1.29, 1.82) is 0 Å². The van der Waals surface area contributed by atoms with Crippen LogP contribution in [0.5, 0.6) is 0 Å². The highest BCUT2D eigenvalue weighted by Gasteiger charge is 2.12. The first-order valence-corrected chi connectivity index (χ1v) is 19.1. The van der Waals surface area contributed by atoms with E-state index in [-0.39, 0.29) is 11.9 Å². The van der Waals surface area contributed by atoms with Crippen molar-refractivity contribution in [2.75, 3.05) is 32.8 Å². The maximum absolute atomic E-state index is 12.2. The van der Waals surface area contributed by atoms with E-state index < -0.39 is 0 Å². The maximum atomic E-state index is 12.2. The molecule has 0 aliphatic heterocycles. The van der Waals surface area contributed by atoms with E-state index in [9.17, 15) is 9.59 Å². The smallest absolute Gasteiger partial charge is 0.306 e. The number of aryl methyl sites for hydroxylation is 2. The topological polar surface area (TPSA) is 73.7 Å². The number of carbonyl (C=O) groups excluding carboxylic acids is 2. The van der Waals surface area contributed by atoms with Gasteiger partial charge in [-0.15, -0.1) is 0 Å². The molecule has 1 rings (SSSR count). The molecule has 0 fully saturated rings. The van der Waals surface area contributed by atoms with Gasteiger partial charge in [-0.1, -0.05) is 106 Å². The van der Waals surface area contributed by atoms with Crippen molar-refractivity contribution in [3.63, 3.8) is 0 Å². The summed E-state index contributed by atoms with van der Waals surface area (Å²) >= 11 is 0. The molecule has 0 saturated carbocycles. The Hall–Kier alpha value is -1.89. The molecule has 0 N–H and O–H groups in total. The SMILES string of the molecule is Cc1nccn1CCCN(CCCCCCOC(=O)CC(C)CCCC(C)C)CCCCCCOC(=O)CC(C)CCCC(C)C. The summed E-state index contributed by atoms with van der Waals surface area (Å²) in [6, 6.07) is 0. The van der Waals surface area contributed by atoms with Crippen LogP contribution in [0.1, 0.15) is 157 Å². The molecule has 1 aromatic rings. The van der Waals surface area contributed by atoms with Crippen molar-refractivity contribution >= 4 is 11.9 Å². The number of carbonyl (C=O) groups is 2. The third-order valence-electron chi connectivity index (χ3n) is 9.05. The van der Waals surface area contributed by atoms with Crippen LogP contribution in [0, 0.1) is 30.6 Å². The van der Waals surface area contributed by atoms with Crippen LogP contribution in [-0.2, 0) is 25.6 Å². The molecule has 0 aliphatic carbocycles. The highest BCUT2D eigenvalue weighted by Crippen LogP contribution is 2.17. The summed E-state index contributed by atoms with van der Waals surface area (Å²) in [5.74, 6) is 3.30. The summed E-state index contributed by atoms with van der Waals surface area (Å²) in [5, 5.41) is 0. The summed E-state index contributed by atoms with van der Waals surface area (Å²) < 4.78 is 13.3. The van der Waals surface area contributed by atoms with Gasteiger partial charge in [0.2, 0.25) is 0 Å². The van der Waals surface area contributed by atoms with Gasteiger partial charge >= 0.3 is 11.9 Å². The van der Waals surface area contributed by atoms with Gasteiger partial charge in [0.05, 0.1) is 13.2 Å². The lowest BCUT2D eigenvalue weighted by molar-refractivity contribution is -0.145. The zero-order valence-electron chi connectivity index (χ0n) is 31.2. The molecule has 7 heteroatoms. The second-order valence-electron chi connectivity index (χ2n) is 14.9. The lowest BCUT2D eigenvalue weighted by atomic mass is 9.97. The molecule has 0 aliphatic rings. The first-order chi connectivity index (χ1) is 22.1. The summed E-state index contributed by atoms with van der Waals surface area (Å²) in [6.07, 6.45) is 22.1. The maximum Gasteiger partial charge on any atom is 0.306 e. The van der Waals surface area contributed by atoms with Crippen LogP contribution >= 0.6 is 0 Å². The number of esters is 2. The van der Waals surface area contributed by atoms with Gasteiger partial charge < -0.3 is 18.9 Å². The Balaban J connectivity index is 2.22. The Morgan fingerprint density at radius 2 is 1.11 bits per heavy atom. The van der Waals surface area contributed by atoms with E-state index in [2.05, 4.69) is 69.1 Å². The first-order valence-electron chi connectivity index (χ1n) is 19.1. The van der Waals surface area contributed by atoms with Gasteiger partial charge in [-0.05, 0) is 82.3 Å². The Morgan fingerprint density at radius 3 is 1.54 bits per heavy atom. The fourth-order valence-electron chi connectivity index (χ4n) is 6.03. The molecule has 268 valence electrons. The van der Waals surface area contributed by atoms with Crippen molar-refractivity contribution in [3.05, 3.63) is 18.2 Å². The molecular weight excluding hydrogens is 574 g/mol. The van der Waals surface area contributed by atoms with Crippen molar-refractivity contribution in [2.45, 2.75) is 164 Å². The number of aromatic nitrogens is 2. The highest BCUT2D eigenvalue weighted by atomic mass is 16.5. The van der Waals surface area contributed by atoms with Crippen molar-refractivity contribution in [3.8, 4) is 0 Å². The molecule has 2 unspecified atom stereocenters. The third kappa shape index (κ3) is 24.3. The zero-order valence-corrected chi connectivity index (χ0v) is 31.2. The minimum absolute atomic E-state index is 0.0309. The van der Waals surface area contributed by atoms with Crippen LogP contribution in [0.2, 0.25) is 0 Å².